The van der Waals surface area contributed by atoms with E-state index in [4.69, 9.17) is 4.74 Å². The lowest BCUT2D eigenvalue weighted by atomic mass is 10.2. The molecule has 0 unspecified atom stereocenters. The van der Waals surface area contributed by atoms with Gasteiger partial charge in [0.05, 0.1) is 16.5 Å². The van der Waals surface area contributed by atoms with Crippen LogP contribution in [0.5, 0.6) is 11.5 Å². The van der Waals surface area contributed by atoms with Gasteiger partial charge in [0, 0.05) is 6.07 Å². The Hall–Kier alpha value is -3.50. The van der Waals surface area contributed by atoms with E-state index in [0.717, 1.165) is 4.90 Å². The van der Waals surface area contributed by atoms with Crippen molar-refractivity contribution in [1.82, 2.24) is 0 Å². The molecule has 3 nitrogen and oxygen atoms in total. The zero-order chi connectivity index (χ0) is 20.9. The molecule has 0 aliphatic rings. The van der Waals surface area contributed by atoms with Crippen molar-refractivity contribution in [2.45, 2.75) is 21.6 Å². The van der Waals surface area contributed by atoms with Crippen molar-refractivity contribution in [1.29, 1.82) is 0 Å². The van der Waals surface area contributed by atoms with Crippen LogP contribution in [-0.2, 0) is 10.9 Å². The van der Waals surface area contributed by atoms with E-state index in [1.807, 2.05) is 54.6 Å². The fraction of sp³-hybridized carbons (Fsp3) is 0.0385. The van der Waals surface area contributed by atoms with Gasteiger partial charge in [-0.2, -0.15) is 0 Å². The lowest BCUT2D eigenvalue weighted by molar-refractivity contribution is 0.0729. The highest BCUT2D eigenvalue weighted by Gasteiger charge is 2.29. The number of carbonyl (C=O) groups is 1. The molecule has 0 radical (unpaired) electrons. The maximum Gasteiger partial charge on any atom is 0.343 e. The maximum atomic E-state index is 12.8. The molecule has 0 bridgehead atoms. The fourth-order valence-electron chi connectivity index (χ4n) is 3.14. The molecule has 4 heteroatoms. The molecule has 0 amide bonds. The van der Waals surface area contributed by atoms with Crippen LogP contribution in [0.1, 0.15) is 15.9 Å². The molecule has 0 saturated heterocycles. The van der Waals surface area contributed by atoms with Crippen molar-refractivity contribution < 1.29 is 14.6 Å². The van der Waals surface area contributed by atoms with Crippen LogP contribution in [0, 0.1) is 6.92 Å². The molecule has 4 aromatic carbocycles. The number of hydrogen-bond acceptors (Lipinski definition) is 3. The van der Waals surface area contributed by atoms with Crippen LogP contribution in [0.2, 0.25) is 0 Å². The number of phenols is 1. The van der Waals surface area contributed by atoms with Crippen molar-refractivity contribution in [2.24, 2.45) is 0 Å². The van der Waals surface area contributed by atoms with E-state index < -0.39 is 5.97 Å². The predicted molar refractivity (Wildman–Crippen MR) is 119 cm³/mol. The van der Waals surface area contributed by atoms with Crippen LogP contribution >= 0.6 is 0 Å². The Morgan fingerprint density at radius 1 is 0.733 bits per heavy atom. The van der Waals surface area contributed by atoms with Crippen LogP contribution in [0.25, 0.3) is 0 Å². The second kappa shape index (κ2) is 8.89. The van der Waals surface area contributed by atoms with Gasteiger partial charge < -0.3 is 9.84 Å². The van der Waals surface area contributed by atoms with Crippen molar-refractivity contribution >= 4 is 16.9 Å². The Morgan fingerprint density at radius 3 is 1.93 bits per heavy atom. The third-order valence-corrected chi connectivity index (χ3v) is 6.88. The van der Waals surface area contributed by atoms with Gasteiger partial charge in [0.25, 0.3) is 0 Å². The summed E-state index contributed by atoms with van der Waals surface area (Å²) in [5.74, 6) is -0.353. The number of carbonyl (C=O) groups excluding carboxylic acids is 1. The lowest BCUT2D eigenvalue weighted by Gasteiger charge is -2.10. The zero-order valence-electron chi connectivity index (χ0n) is 16.5. The number of para-hydroxylation sites is 1. The molecule has 148 valence electrons. The minimum atomic E-state index is -0.498. The molecule has 0 aliphatic heterocycles. The number of aryl methyl sites for hydroxylation is 1. The van der Waals surface area contributed by atoms with Crippen molar-refractivity contribution in [3.8, 4) is 11.5 Å². The SMILES string of the molecule is Cc1cccc(OC(=O)c2cccc([S+](c3ccccc3)c3ccccc3)c2)c1O. The molecule has 0 aliphatic carbocycles. The summed E-state index contributed by atoms with van der Waals surface area (Å²) in [5.41, 5.74) is 1.10. The Kier molecular flexibility index (Phi) is 5.87. The molecule has 0 saturated carbocycles. The molecule has 1 N–H and O–H groups in total. The Labute approximate surface area is 178 Å². The summed E-state index contributed by atoms with van der Waals surface area (Å²) in [7, 11) is -0.353. The fourth-order valence-corrected chi connectivity index (χ4v) is 5.28. The highest BCUT2D eigenvalue weighted by atomic mass is 32.2. The second-order valence-corrected chi connectivity index (χ2v) is 8.80. The standard InChI is InChI=1S/C26H20O3S/c1-19-10-8-17-24(25(19)27)29-26(28)20-11-9-16-23(18-20)30(21-12-4-2-5-13-21)22-14-6-3-7-15-22/h2-18H,1H3/p+1. The smallest absolute Gasteiger partial charge is 0.343 e. The number of esters is 1. The normalized spacial score (nSPS) is 10.7. The minimum Gasteiger partial charge on any atom is -0.504 e. The van der Waals surface area contributed by atoms with Crippen LogP contribution < -0.4 is 4.74 Å². The van der Waals surface area contributed by atoms with Gasteiger partial charge in [0.1, 0.15) is 0 Å². The first-order valence-corrected chi connectivity index (χ1v) is 10.8. The van der Waals surface area contributed by atoms with Crippen molar-refractivity contribution in [3.63, 3.8) is 0 Å². The van der Waals surface area contributed by atoms with E-state index in [9.17, 15) is 9.90 Å². The first-order chi connectivity index (χ1) is 14.6. The van der Waals surface area contributed by atoms with E-state index >= 15 is 0 Å². The van der Waals surface area contributed by atoms with Gasteiger partial charge in [0.2, 0.25) is 0 Å². The topological polar surface area (TPSA) is 46.5 Å². The first-order valence-electron chi connectivity index (χ1n) is 9.59. The van der Waals surface area contributed by atoms with Gasteiger partial charge in [-0.15, -0.1) is 0 Å². The Balaban J connectivity index is 1.70. The Bertz CT molecular complexity index is 1120. The summed E-state index contributed by atoms with van der Waals surface area (Å²) >= 11 is 0. The molecule has 0 fully saturated rings. The minimum absolute atomic E-state index is 0.0182. The Morgan fingerprint density at radius 2 is 1.30 bits per heavy atom. The zero-order valence-corrected chi connectivity index (χ0v) is 17.3. The van der Waals surface area contributed by atoms with Gasteiger partial charge in [-0.25, -0.2) is 4.79 Å². The monoisotopic (exact) mass is 413 g/mol. The van der Waals surface area contributed by atoms with Gasteiger partial charge >= 0.3 is 5.97 Å². The van der Waals surface area contributed by atoms with Gasteiger partial charge in [-0.3, -0.25) is 0 Å². The second-order valence-electron chi connectivity index (χ2n) is 6.77. The van der Waals surface area contributed by atoms with E-state index in [1.54, 1.807) is 31.2 Å². The van der Waals surface area contributed by atoms with Gasteiger partial charge in [0.15, 0.2) is 26.2 Å². The molecule has 0 heterocycles. The highest BCUT2D eigenvalue weighted by molar-refractivity contribution is 7.97. The highest BCUT2D eigenvalue weighted by Crippen LogP contribution is 2.32. The molecule has 4 aromatic rings. The van der Waals surface area contributed by atoms with Crippen LogP contribution in [-0.4, -0.2) is 11.1 Å². The number of benzene rings is 4. The van der Waals surface area contributed by atoms with Crippen LogP contribution in [0.4, 0.5) is 0 Å². The predicted octanol–water partition coefficient (Wildman–Crippen LogP) is 6.02. The summed E-state index contributed by atoms with van der Waals surface area (Å²) in [6, 6.07) is 33.1. The first kappa shape index (κ1) is 19.8. The molecule has 0 aromatic heterocycles. The third kappa shape index (κ3) is 4.24. The summed E-state index contributed by atoms with van der Waals surface area (Å²) in [5, 5.41) is 10.2. The van der Waals surface area contributed by atoms with E-state index in [-0.39, 0.29) is 22.4 Å². The third-order valence-electron chi connectivity index (χ3n) is 4.67. The summed E-state index contributed by atoms with van der Waals surface area (Å²) in [6.07, 6.45) is 0. The summed E-state index contributed by atoms with van der Waals surface area (Å²) in [4.78, 5) is 16.2. The summed E-state index contributed by atoms with van der Waals surface area (Å²) in [6.45, 7) is 1.76. The quantitative estimate of drug-likeness (QED) is 0.247. The van der Waals surface area contributed by atoms with E-state index in [2.05, 4.69) is 24.3 Å². The molecule has 0 spiro atoms. The van der Waals surface area contributed by atoms with Crippen molar-refractivity contribution in [2.75, 3.05) is 0 Å². The molecule has 30 heavy (non-hydrogen) atoms. The number of rotatable bonds is 5. The van der Waals surface area contributed by atoms with Crippen molar-refractivity contribution in [3.05, 3.63) is 114 Å². The molecule has 0 atom stereocenters. The number of phenolic OH excluding ortho intramolecular Hbond substituents is 1. The van der Waals surface area contributed by atoms with E-state index in [1.165, 1.54) is 9.79 Å². The largest absolute Gasteiger partial charge is 0.504 e. The van der Waals surface area contributed by atoms with Crippen LogP contribution in [0.3, 0.4) is 0 Å². The average molecular weight is 414 g/mol. The maximum absolute atomic E-state index is 12.8. The summed E-state index contributed by atoms with van der Waals surface area (Å²) < 4.78 is 5.47. The number of ether oxygens (including phenoxy) is 1. The lowest BCUT2D eigenvalue weighted by Crippen LogP contribution is -2.11. The van der Waals surface area contributed by atoms with Crippen LogP contribution in [0.15, 0.2) is 118 Å². The molecule has 4 rings (SSSR count). The number of aromatic hydroxyl groups is 1. The van der Waals surface area contributed by atoms with Gasteiger partial charge in [-0.05, 0) is 55.0 Å². The van der Waals surface area contributed by atoms with E-state index in [0.29, 0.717) is 11.1 Å². The molecular weight excluding hydrogens is 392 g/mol. The van der Waals surface area contributed by atoms with Gasteiger partial charge in [-0.1, -0.05) is 54.6 Å². The average Bonchev–Trinajstić information content (AvgIpc) is 2.79. The molecular formula is C26H21O3S+. The number of hydrogen-bond donors (Lipinski definition) is 1.